The molecule has 17 heavy (non-hydrogen) atoms. The van der Waals surface area contributed by atoms with Crippen molar-refractivity contribution in [2.45, 2.75) is 13.5 Å². The van der Waals surface area contributed by atoms with Gasteiger partial charge in [0, 0.05) is 16.8 Å². The average Bonchev–Trinajstić information content (AvgIpc) is 2.33. The summed E-state index contributed by atoms with van der Waals surface area (Å²) in [5, 5.41) is 10.4. The minimum atomic E-state index is -0.0143. The zero-order valence-corrected chi connectivity index (χ0v) is 10.8. The molecule has 0 atom stereocenters. The molecule has 88 valence electrons. The second-order valence-electron chi connectivity index (χ2n) is 3.73. The van der Waals surface area contributed by atoms with Crippen LogP contribution in [0.3, 0.4) is 0 Å². The zero-order valence-electron chi connectivity index (χ0n) is 9.24. The highest BCUT2D eigenvalue weighted by molar-refractivity contribution is 6.35. The lowest BCUT2D eigenvalue weighted by Crippen LogP contribution is -1.95. The Balaban J connectivity index is 2.64. The molecule has 2 rings (SSSR count). The van der Waals surface area contributed by atoms with Crippen molar-refractivity contribution in [3.8, 4) is 11.3 Å². The molecule has 0 saturated carbocycles. The van der Waals surface area contributed by atoms with E-state index >= 15 is 0 Å². The van der Waals surface area contributed by atoms with Gasteiger partial charge >= 0.3 is 0 Å². The predicted octanol–water partition coefficient (Wildman–Crippen LogP) is 3.86. The summed E-state index contributed by atoms with van der Waals surface area (Å²) in [6.45, 7) is 1.89. The summed E-state index contributed by atoms with van der Waals surface area (Å²) in [6.07, 6.45) is 1.66. The lowest BCUT2D eigenvalue weighted by Gasteiger charge is -2.10. The van der Waals surface area contributed by atoms with Crippen LogP contribution >= 0.6 is 23.2 Å². The van der Waals surface area contributed by atoms with Crippen molar-refractivity contribution in [1.82, 2.24) is 4.98 Å². The molecule has 1 N–H and O–H groups in total. The molecule has 0 bridgehead atoms. The van der Waals surface area contributed by atoms with Gasteiger partial charge in [0.2, 0.25) is 0 Å². The summed E-state index contributed by atoms with van der Waals surface area (Å²) in [6, 6.07) is 7.04. The molecule has 0 aliphatic carbocycles. The van der Waals surface area contributed by atoms with Crippen LogP contribution in [0, 0.1) is 6.92 Å². The van der Waals surface area contributed by atoms with E-state index in [1.807, 2.05) is 6.92 Å². The number of benzene rings is 1. The van der Waals surface area contributed by atoms with E-state index in [4.69, 9.17) is 23.2 Å². The normalized spacial score (nSPS) is 10.6. The third kappa shape index (κ3) is 2.44. The van der Waals surface area contributed by atoms with E-state index in [0.717, 1.165) is 22.4 Å². The van der Waals surface area contributed by atoms with Gasteiger partial charge in [-0.25, -0.2) is 0 Å². The van der Waals surface area contributed by atoms with E-state index < -0.39 is 0 Å². The molecule has 0 saturated heterocycles. The number of nitrogens with zero attached hydrogens (tertiary/aromatic N) is 1. The van der Waals surface area contributed by atoms with Gasteiger partial charge in [0.15, 0.2) is 0 Å². The van der Waals surface area contributed by atoms with E-state index in [9.17, 15) is 5.11 Å². The van der Waals surface area contributed by atoms with Gasteiger partial charge in [-0.3, -0.25) is 4.98 Å². The van der Waals surface area contributed by atoms with Crippen molar-refractivity contribution in [3.05, 3.63) is 51.6 Å². The van der Waals surface area contributed by atoms with Gasteiger partial charge in [0.1, 0.15) is 0 Å². The fraction of sp³-hybridized carbons (Fsp3) is 0.154. The number of aliphatic hydroxyl groups excluding tert-OH is 1. The molecule has 0 aliphatic rings. The Hall–Kier alpha value is -1.09. The molecule has 0 aliphatic heterocycles. The number of hydrogen-bond donors (Lipinski definition) is 1. The van der Waals surface area contributed by atoms with Crippen LogP contribution in [-0.4, -0.2) is 10.1 Å². The van der Waals surface area contributed by atoms with Crippen LogP contribution in [0.1, 0.15) is 11.1 Å². The number of pyridine rings is 1. The molecule has 4 heteroatoms. The molecule has 1 aromatic carbocycles. The number of aliphatic hydroxyl groups is 1. The Morgan fingerprint density at radius 2 is 2.00 bits per heavy atom. The van der Waals surface area contributed by atoms with Crippen LogP contribution in [-0.2, 0) is 6.61 Å². The predicted molar refractivity (Wildman–Crippen MR) is 70.4 cm³/mol. The quantitative estimate of drug-likeness (QED) is 0.897. The first-order chi connectivity index (χ1) is 8.13. The fourth-order valence-corrected chi connectivity index (χ4v) is 2.08. The molecule has 2 nitrogen and oxygen atoms in total. The van der Waals surface area contributed by atoms with Gasteiger partial charge in [-0.1, -0.05) is 23.2 Å². The summed E-state index contributed by atoms with van der Waals surface area (Å²) in [5.74, 6) is 0. The molecule has 2 aromatic rings. The third-order valence-corrected chi connectivity index (χ3v) is 3.23. The second-order valence-corrected chi connectivity index (χ2v) is 4.57. The Morgan fingerprint density at radius 1 is 1.24 bits per heavy atom. The van der Waals surface area contributed by atoms with E-state index in [1.54, 1.807) is 30.5 Å². The lowest BCUT2D eigenvalue weighted by molar-refractivity contribution is 0.281. The molecule has 1 aromatic heterocycles. The Kier molecular flexibility index (Phi) is 3.67. The molecule has 0 radical (unpaired) electrons. The van der Waals surface area contributed by atoms with Gasteiger partial charge in [-0.15, -0.1) is 0 Å². The van der Waals surface area contributed by atoms with Crippen molar-refractivity contribution < 1.29 is 5.11 Å². The van der Waals surface area contributed by atoms with E-state index in [1.165, 1.54) is 0 Å². The largest absolute Gasteiger partial charge is 0.392 e. The van der Waals surface area contributed by atoms with Gasteiger partial charge in [-0.05, 0) is 42.3 Å². The molecular weight excluding hydrogens is 257 g/mol. The van der Waals surface area contributed by atoms with Crippen LogP contribution < -0.4 is 0 Å². The van der Waals surface area contributed by atoms with Crippen LogP contribution in [0.4, 0.5) is 0 Å². The van der Waals surface area contributed by atoms with Crippen molar-refractivity contribution >= 4 is 23.2 Å². The van der Waals surface area contributed by atoms with Crippen molar-refractivity contribution in [2.24, 2.45) is 0 Å². The highest BCUT2D eigenvalue weighted by Crippen LogP contribution is 2.32. The standard InChI is InChI=1S/C13H11Cl2NO/c1-8-9(7-17)4-5-16-13(8)11-6-10(14)2-3-12(11)15/h2-6,17H,7H2,1H3. The van der Waals surface area contributed by atoms with Gasteiger partial charge < -0.3 is 5.11 Å². The molecule has 0 fully saturated rings. The Bertz CT molecular complexity index is 555. The number of hydrogen-bond acceptors (Lipinski definition) is 2. The minimum Gasteiger partial charge on any atom is -0.392 e. The summed E-state index contributed by atoms with van der Waals surface area (Å²) in [4.78, 5) is 4.30. The van der Waals surface area contributed by atoms with E-state index in [-0.39, 0.29) is 6.61 Å². The van der Waals surface area contributed by atoms with Gasteiger partial charge in [-0.2, -0.15) is 0 Å². The molecule has 1 heterocycles. The summed E-state index contributed by atoms with van der Waals surface area (Å²) in [5.41, 5.74) is 3.29. The van der Waals surface area contributed by atoms with Gasteiger partial charge in [0.25, 0.3) is 0 Å². The third-order valence-electron chi connectivity index (χ3n) is 2.67. The van der Waals surface area contributed by atoms with Crippen molar-refractivity contribution in [3.63, 3.8) is 0 Å². The SMILES string of the molecule is Cc1c(CO)ccnc1-c1cc(Cl)ccc1Cl. The number of aromatic nitrogens is 1. The number of halogens is 2. The maximum atomic E-state index is 9.23. The fourth-order valence-electron chi connectivity index (χ4n) is 1.70. The Labute approximate surface area is 110 Å². The van der Waals surface area contributed by atoms with Crippen molar-refractivity contribution in [2.75, 3.05) is 0 Å². The first-order valence-electron chi connectivity index (χ1n) is 5.14. The second kappa shape index (κ2) is 5.05. The van der Waals surface area contributed by atoms with Crippen LogP contribution in [0.5, 0.6) is 0 Å². The van der Waals surface area contributed by atoms with Crippen LogP contribution in [0.15, 0.2) is 30.5 Å². The molecule has 0 spiro atoms. The lowest BCUT2D eigenvalue weighted by atomic mass is 10.0. The monoisotopic (exact) mass is 267 g/mol. The van der Waals surface area contributed by atoms with Crippen molar-refractivity contribution in [1.29, 1.82) is 0 Å². The van der Waals surface area contributed by atoms with Crippen LogP contribution in [0.2, 0.25) is 10.0 Å². The molecule has 0 amide bonds. The molecular formula is C13H11Cl2NO. The van der Waals surface area contributed by atoms with E-state index in [2.05, 4.69) is 4.98 Å². The Morgan fingerprint density at radius 3 is 2.71 bits per heavy atom. The maximum Gasteiger partial charge on any atom is 0.0750 e. The summed E-state index contributed by atoms with van der Waals surface area (Å²) >= 11 is 12.1. The topological polar surface area (TPSA) is 33.1 Å². The summed E-state index contributed by atoms with van der Waals surface area (Å²) in [7, 11) is 0. The summed E-state index contributed by atoms with van der Waals surface area (Å²) < 4.78 is 0. The first-order valence-corrected chi connectivity index (χ1v) is 5.90. The van der Waals surface area contributed by atoms with Crippen LogP contribution in [0.25, 0.3) is 11.3 Å². The first kappa shape index (κ1) is 12.4. The minimum absolute atomic E-state index is 0.0143. The number of rotatable bonds is 2. The van der Waals surface area contributed by atoms with Gasteiger partial charge in [0.05, 0.1) is 17.3 Å². The smallest absolute Gasteiger partial charge is 0.0750 e. The molecule has 0 unspecified atom stereocenters. The highest BCUT2D eigenvalue weighted by Gasteiger charge is 2.11. The maximum absolute atomic E-state index is 9.23. The average molecular weight is 268 g/mol. The van der Waals surface area contributed by atoms with E-state index in [0.29, 0.717) is 10.0 Å². The zero-order chi connectivity index (χ0) is 12.4. The highest BCUT2D eigenvalue weighted by atomic mass is 35.5.